The maximum atomic E-state index is 11.5. The molecule has 0 atom stereocenters. The van der Waals surface area contributed by atoms with Crippen LogP contribution in [0.5, 0.6) is 5.75 Å². The molecule has 0 saturated carbocycles. The van der Waals surface area contributed by atoms with Crippen LogP contribution in [-0.2, 0) is 9.47 Å². The van der Waals surface area contributed by atoms with Gasteiger partial charge in [0.1, 0.15) is 16.9 Å². The van der Waals surface area contributed by atoms with Crippen molar-refractivity contribution >= 4 is 65.7 Å². The molecule has 0 fully saturated rings. The zero-order valence-corrected chi connectivity index (χ0v) is 20.7. The van der Waals surface area contributed by atoms with Crippen molar-refractivity contribution in [3.63, 3.8) is 0 Å². The van der Waals surface area contributed by atoms with Crippen molar-refractivity contribution in [1.29, 1.82) is 0 Å². The lowest BCUT2D eigenvalue weighted by Gasteiger charge is -1.96. The van der Waals surface area contributed by atoms with Crippen LogP contribution < -0.4 is 0 Å². The third-order valence-corrected chi connectivity index (χ3v) is 5.40. The molecular weight excluding hydrogens is 572 g/mol. The number of aromatic hydroxyl groups is 1. The van der Waals surface area contributed by atoms with Gasteiger partial charge in [-0.15, -0.1) is 0 Å². The molecule has 2 aromatic carbocycles. The number of fused-ring (bicyclic) bond motifs is 2. The molecule has 34 heavy (non-hydrogen) atoms. The number of rotatable bonds is 4. The van der Waals surface area contributed by atoms with E-state index in [4.69, 9.17) is 18.3 Å². The number of carbonyl (C=O) groups is 2. The topological polar surface area (TPSA) is 99.1 Å². The average molecular weight is 600 g/mol. The first-order valence-electron chi connectivity index (χ1n) is 9.69. The molecule has 0 unspecified atom stereocenters. The summed E-state index contributed by atoms with van der Waals surface area (Å²) in [6.07, 6.45) is 0. The van der Waals surface area contributed by atoms with E-state index in [2.05, 4.69) is 31.9 Å². The van der Waals surface area contributed by atoms with Crippen LogP contribution in [0.2, 0.25) is 0 Å². The van der Waals surface area contributed by atoms with Crippen LogP contribution in [0, 0.1) is 6.92 Å². The van der Waals surface area contributed by atoms with Crippen molar-refractivity contribution in [2.45, 2.75) is 35.6 Å². The maximum absolute atomic E-state index is 11.5. The van der Waals surface area contributed by atoms with Gasteiger partial charge in [-0.3, -0.25) is 0 Å². The Balaban J connectivity index is 0.000000321. The van der Waals surface area contributed by atoms with Gasteiger partial charge < -0.3 is 23.4 Å². The van der Waals surface area contributed by atoms with Crippen molar-refractivity contribution in [3.8, 4) is 5.75 Å². The Kier molecular flexibility index (Phi) is 10.9. The quantitative estimate of drug-likeness (QED) is 0.237. The van der Waals surface area contributed by atoms with E-state index in [1.807, 2.05) is 19.1 Å². The highest BCUT2D eigenvalue weighted by Gasteiger charge is 2.16. The maximum Gasteiger partial charge on any atom is 0.374 e. The minimum Gasteiger partial charge on any atom is -0.508 e. The number of aryl methyl sites for hydroxylation is 1. The molecule has 1 N–H and O–H groups in total. The summed E-state index contributed by atoms with van der Waals surface area (Å²) in [5.74, 6) is -0.463. The van der Waals surface area contributed by atoms with Gasteiger partial charge in [-0.05, 0) is 94.6 Å². The Labute approximate surface area is 215 Å². The van der Waals surface area contributed by atoms with Crippen molar-refractivity contribution in [2.24, 2.45) is 0 Å². The number of halogens is 2. The molecule has 0 amide bonds. The third-order valence-electron chi connectivity index (χ3n) is 4.22. The number of hydrogen-bond donors (Lipinski definition) is 1. The lowest BCUT2D eigenvalue weighted by atomic mass is 10.2. The summed E-state index contributed by atoms with van der Waals surface area (Å²) in [4.78, 5) is 22.9. The molecule has 7 nitrogen and oxygen atoms in total. The Morgan fingerprint density at radius 3 is 1.71 bits per heavy atom. The van der Waals surface area contributed by atoms with Gasteiger partial charge >= 0.3 is 11.9 Å². The molecule has 2 heterocycles. The Hall–Kier alpha value is -2.78. The molecule has 184 valence electrons. The second kappa shape index (κ2) is 12.6. The van der Waals surface area contributed by atoms with E-state index < -0.39 is 11.9 Å². The fourth-order valence-corrected chi connectivity index (χ4v) is 4.17. The van der Waals surface area contributed by atoms with Crippen molar-refractivity contribution in [1.82, 2.24) is 0 Å². The van der Waals surface area contributed by atoms with E-state index in [9.17, 15) is 14.7 Å². The van der Waals surface area contributed by atoms with Crippen LogP contribution >= 0.6 is 31.9 Å². The number of carbonyl (C=O) groups excluding carboxylic acids is 2. The average Bonchev–Trinajstić information content (AvgIpc) is 3.33. The van der Waals surface area contributed by atoms with Gasteiger partial charge in [-0.1, -0.05) is 14.9 Å². The number of esters is 2. The van der Waals surface area contributed by atoms with Gasteiger partial charge in [0.2, 0.25) is 11.5 Å². The minimum absolute atomic E-state index is 0. The molecule has 0 aliphatic carbocycles. The second-order valence-electron chi connectivity index (χ2n) is 6.67. The van der Waals surface area contributed by atoms with E-state index >= 15 is 0 Å². The molecule has 0 bridgehead atoms. The van der Waals surface area contributed by atoms with Gasteiger partial charge in [0, 0.05) is 10.8 Å². The summed E-state index contributed by atoms with van der Waals surface area (Å²) in [5, 5.41) is 10.9. The highest BCUT2D eigenvalue weighted by Crippen LogP contribution is 2.31. The summed E-state index contributed by atoms with van der Waals surface area (Å²) in [5.41, 5.74) is 2.30. The van der Waals surface area contributed by atoms with Gasteiger partial charge in [0.05, 0.1) is 22.2 Å². The first-order valence-corrected chi connectivity index (χ1v) is 11.3. The first kappa shape index (κ1) is 29.3. The first-order chi connectivity index (χ1) is 15.2. The molecule has 2 aromatic heterocycles. The smallest absolute Gasteiger partial charge is 0.374 e. The van der Waals surface area contributed by atoms with Crippen LogP contribution in [0.15, 0.2) is 54.2 Å². The Morgan fingerprint density at radius 2 is 1.24 bits per heavy atom. The summed E-state index contributed by atoms with van der Waals surface area (Å²) < 4.78 is 21.9. The third kappa shape index (κ3) is 6.64. The number of phenolic OH excluding ortho intramolecular Hbond substituents is 1. The molecular formula is C25H28Br2O7. The van der Waals surface area contributed by atoms with E-state index in [-0.39, 0.29) is 32.1 Å². The predicted molar refractivity (Wildman–Crippen MR) is 140 cm³/mol. The number of furan rings is 2. The van der Waals surface area contributed by atoms with Crippen LogP contribution in [-0.4, -0.2) is 30.3 Å². The lowest BCUT2D eigenvalue weighted by molar-refractivity contribution is 0.0484. The predicted octanol–water partition coefficient (Wildman–Crippen LogP) is 8.03. The van der Waals surface area contributed by atoms with E-state index in [1.165, 1.54) is 18.2 Å². The highest BCUT2D eigenvalue weighted by molar-refractivity contribution is 9.11. The van der Waals surface area contributed by atoms with E-state index in [0.29, 0.717) is 34.2 Å². The molecule has 4 rings (SSSR count). The van der Waals surface area contributed by atoms with Crippen molar-refractivity contribution in [2.75, 3.05) is 13.2 Å². The van der Waals surface area contributed by atoms with E-state index in [0.717, 1.165) is 15.4 Å². The largest absolute Gasteiger partial charge is 0.508 e. The van der Waals surface area contributed by atoms with Crippen molar-refractivity contribution in [3.05, 3.63) is 62.4 Å². The van der Waals surface area contributed by atoms with Crippen LogP contribution in [0.1, 0.15) is 55.4 Å². The summed E-state index contributed by atoms with van der Waals surface area (Å²) in [7, 11) is 0. The number of hydrogen-bond acceptors (Lipinski definition) is 7. The lowest BCUT2D eigenvalue weighted by Crippen LogP contribution is -2.02. The number of phenols is 1. The van der Waals surface area contributed by atoms with Crippen LogP contribution in [0.3, 0.4) is 0 Å². The zero-order valence-electron chi connectivity index (χ0n) is 17.5. The van der Waals surface area contributed by atoms with Gasteiger partial charge in [-0.2, -0.15) is 0 Å². The Morgan fingerprint density at radius 1 is 0.794 bits per heavy atom. The molecule has 0 spiro atoms. The van der Waals surface area contributed by atoms with Gasteiger partial charge in [-0.25, -0.2) is 9.59 Å². The summed E-state index contributed by atoms with van der Waals surface area (Å²) >= 11 is 6.65. The fourth-order valence-electron chi connectivity index (χ4n) is 2.95. The molecule has 0 aliphatic heterocycles. The fraction of sp³-hybridized carbons (Fsp3) is 0.280. The molecule has 0 radical (unpaired) electrons. The monoisotopic (exact) mass is 598 g/mol. The van der Waals surface area contributed by atoms with E-state index in [1.54, 1.807) is 19.9 Å². The van der Waals surface area contributed by atoms with Crippen LogP contribution in [0.4, 0.5) is 0 Å². The number of ether oxygens (including phenoxy) is 2. The SMILES string of the molecule is C.C.CCOC(=O)c1cc2cc(C)cc(Br)c2o1.CCOC(=O)c1cc2cc(O)cc(Br)c2o1. The highest BCUT2D eigenvalue weighted by atomic mass is 79.9. The molecule has 9 heteroatoms. The summed E-state index contributed by atoms with van der Waals surface area (Å²) in [6, 6.07) is 10.2. The van der Waals surface area contributed by atoms with Crippen LogP contribution in [0.25, 0.3) is 21.9 Å². The molecule has 4 aromatic rings. The molecule has 0 saturated heterocycles. The minimum atomic E-state index is -0.509. The van der Waals surface area contributed by atoms with Crippen molar-refractivity contribution < 1.29 is 33.0 Å². The number of benzene rings is 2. The zero-order chi connectivity index (χ0) is 23.4. The van der Waals surface area contributed by atoms with Gasteiger partial charge in [0.15, 0.2) is 0 Å². The standard InChI is InChI=1S/C12H11BrO3.C11H9BrO4.2CH4/c1-3-15-12(14)10-6-8-4-7(2)5-9(13)11(8)16-10;1-2-15-11(14)9-4-6-3-7(13)5-8(12)10(6)16-9;;/h4-6H,3H2,1-2H3;3-5,13H,2H2,1H3;2*1H4. The Bertz CT molecular complexity index is 1190. The summed E-state index contributed by atoms with van der Waals surface area (Å²) in [6.45, 7) is 6.11. The molecule has 0 aliphatic rings. The van der Waals surface area contributed by atoms with Gasteiger partial charge in [0.25, 0.3) is 0 Å². The second-order valence-corrected chi connectivity index (χ2v) is 8.38. The normalized spacial score (nSPS) is 10.0.